The van der Waals surface area contributed by atoms with E-state index in [9.17, 15) is 8.42 Å². The van der Waals surface area contributed by atoms with Crippen LogP contribution in [0.25, 0.3) is 22.1 Å². The van der Waals surface area contributed by atoms with Crippen LogP contribution in [0.15, 0.2) is 42.5 Å². The predicted octanol–water partition coefficient (Wildman–Crippen LogP) is 2.14. The summed E-state index contributed by atoms with van der Waals surface area (Å²) in [6, 6.07) is 13.0. The Kier molecular flexibility index (Phi) is 3.54. The molecule has 21 heavy (non-hydrogen) atoms. The maximum atomic E-state index is 10.6. The van der Waals surface area contributed by atoms with E-state index < -0.39 is 10.4 Å². The fraction of sp³-hybridized carbons (Fsp3) is 0.143. The summed E-state index contributed by atoms with van der Waals surface area (Å²) in [5.41, 5.74) is 3.83. The van der Waals surface area contributed by atoms with Crippen molar-refractivity contribution in [3.05, 3.63) is 48.0 Å². The van der Waals surface area contributed by atoms with Gasteiger partial charge in [0.05, 0.1) is 28.7 Å². The highest BCUT2D eigenvalue weighted by Crippen LogP contribution is 2.19. The number of hydrogen-bond acceptors (Lipinski definition) is 5. The molecule has 3 rings (SSSR count). The van der Waals surface area contributed by atoms with E-state index in [1.165, 1.54) is 0 Å². The first-order valence-electron chi connectivity index (χ1n) is 6.29. The van der Waals surface area contributed by atoms with Crippen LogP contribution in [0.3, 0.4) is 0 Å². The van der Waals surface area contributed by atoms with E-state index in [-0.39, 0.29) is 6.61 Å². The molecule has 0 unspecified atom stereocenters. The van der Waals surface area contributed by atoms with Crippen molar-refractivity contribution in [3.8, 4) is 0 Å². The summed E-state index contributed by atoms with van der Waals surface area (Å²) in [4.78, 5) is 9.09. The molecular weight excluding hydrogens is 292 g/mol. The molecule has 0 fully saturated rings. The van der Waals surface area contributed by atoms with Crippen LogP contribution in [0.5, 0.6) is 0 Å². The Morgan fingerprint density at radius 1 is 0.952 bits per heavy atom. The highest BCUT2D eigenvalue weighted by Gasteiger charge is 2.08. The topological polar surface area (TPSA) is 89.4 Å². The molecule has 0 saturated carbocycles. The monoisotopic (exact) mass is 304 g/mol. The summed E-state index contributed by atoms with van der Waals surface area (Å²) in [5.74, 6) is 0. The highest BCUT2D eigenvalue weighted by atomic mass is 32.3. The van der Waals surface area contributed by atoms with Gasteiger partial charge in [0.25, 0.3) is 0 Å². The average Bonchev–Trinajstić information content (AvgIpc) is 2.44. The summed E-state index contributed by atoms with van der Waals surface area (Å²) in [7, 11) is -4.42. The Balaban J connectivity index is 2.00. The number of aromatic nitrogens is 2. The zero-order valence-electron chi connectivity index (χ0n) is 10.9. The maximum absolute atomic E-state index is 10.6. The quantitative estimate of drug-likeness (QED) is 0.587. The van der Waals surface area contributed by atoms with Crippen LogP contribution in [0.4, 0.5) is 0 Å². The van der Waals surface area contributed by atoms with Crippen molar-refractivity contribution in [1.29, 1.82) is 0 Å². The van der Waals surface area contributed by atoms with Gasteiger partial charge in [-0.2, -0.15) is 8.42 Å². The number of fused-ring (bicyclic) bond motifs is 2. The third kappa shape index (κ3) is 3.15. The number of rotatable bonds is 4. The third-order valence-electron chi connectivity index (χ3n) is 3.06. The number of benzene rings is 2. The molecule has 0 atom stereocenters. The lowest BCUT2D eigenvalue weighted by atomic mass is 10.1. The minimum Gasteiger partial charge on any atom is -0.264 e. The summed E-state index contributed by atoms with van der Waals surface area (Å²) >= 11 is 0. The Bertz CT molecular complexity index is 909. The van der Waals surface area contributed by atoms with Gasteiger partial charge in [-0.05, 0) is 30.2 Å². The second kappa shape index (κ2) is 5.36. The van der Waals surface area contributed by atoms with Crippen molar-refractivity contribution >= 4 is 32.5 Å². The normalized spacial score (nSPS) is 12.0. The van der Waals surface area contributed by atoms with Gasteiger partial charge < -0.3 is 0 Å². The standard InChI is InChI=1S/C14H12N2O4S/c17-21(18,19)20-9-8-10-4-3-7-13-14(10)16-12-6-2-1-5-11(12)15-13/h1-7H,8-9H2,(H,17,18,19). The van der Waals surface area contributed by atoms with Crippen molar-refractivity contribution in [2.75, 3.05) is 6.61 Å². The SMILES string of the molecule is O=S(=O)(O)OCCc1cccc2nc3ccccc3nc12. The third-order valence-corrected chi connectivity index (χ3v) is 3.52. The summed E-state index contributed by atoms with van der Waals surface area (Å²) in [5, 5.41) is 0. The van der Waals surface area contributed by atoms with E-state index in [4.69, 9.17) is 4.55 Å². The largest absolute Gasteiger partial charge is 0.397 e. The van der Waals surface area contributed by atoms with Gasteiger partial charge in [0, 0.05) is 0 Å². The van der Waals surface area contributed by atoms with E-state index in [0.717, 1.165) is 22.1 Å². The fourth-order valence-electron chi connectivity index (χ4n) is 2.16. The van der Waals surface area contributed by atoms with Crippen LogP contribution >= 0.6 is 0 Å². The molecular formula is C14H12N2O4S. The van der Waals surface area contributed by atoms with Crippen LogP contribution in [0, 0.1) is 0 Å². The van der Waals surface area contributed by atoms with Gasteiger partial charge in [0.15, 0.2) is 0 Å². The van der Waals surface area contributed by atoms with Crippen LogP contribution in [0.1, 0.15) is 5.56 Å². The Labute approximate surface area is 121 Å². The van der Waals surface area contributed by atoms with Gasteiger partial charge in [-0.15, -0.1) is 0 Å². The molecule has 0 aliphatic rings. The molecule has 0 aliphatic heterocycles. The Morgan fingerprint density at radius 2 is 1.62 bits per heavy atom. The molecule has 6 nitrogen and oxygen atoms in total. The van der Waals surface area contributed by atoms with Crippen molar-refractivity contribution in [2.24, 2.45) is 0 Å². The van der Waals surface area contributed by atoms with Crippen molar-refractivity contribution in [2.45, 2.75) is 6.42 Å². The van der Waals surface area contributed by atoms with Crippen molar-refractivity contribution in [1.82, 2.24) is 9.97 Å². The predicted molar refractivity (Wildman–Crippen MR) is 78.2 cm³/mol. The van der Waals surface area contributed by atoms with Crippen molar-refractivity contribution in [3.63, 3.8) is 0 Å². The van der Waals surface area contributed by atoms with E-state index in [2.05, 4.69) is 14.2 Å². The first-order chi connectivity index (χ1) is 10.0. The number of hydrogen-bond donors (Lipinski definition) is 1. The number of nitrogens with zero attached hydrogens (tertiary/aromatic N) is 2. The molecule has 0 amide bonds. The zero-order chi connectivity index (χ0) is 14.9. The molecule has 0 bridgehead atoms. The van der Waals surface area contributed by atoms with E-state index >= 15 is 0 Å². The molecule has 0 aliphatic carbocycles. The van der Waals surface area contributed by atoms with Crippen LogP contribution in [-0.4, -0.2) is 29.5 Å². The minimum atomic E-state index is -4.42. The molecule has 0 saturated heterocycles. The van der Waals surface area contributed by atoms with Gasteiger partial charge >= 0.3 is 10.4 Å². The van der Waals surface area contributed by atoms with Crippen LogP contribution in [0.2, 0.25) is 0 Å². The molecule has 0 spiro atoms. The lowest BCUT2D eigenvalue weighted by molar-refractivity contribution is 0.272. The second-order valence-electron chi connectivity index (χ2n) is 4.50. The van der Waals surface area contributed by atoms with Crippen LogP contribution < -0.4 is 0 Å². The lowest BCUT2D eigenvalue weighted by Crippen LogP contribution is -2.07. The minimum absolute atomic E-state index is 0.146. The Hall–Kier alpha value is -2.09. The van der Waals surface area contributed by atoms with E-state index in [1.807, 2.05) is 42.5 Å². The highest BCUT2D eigenvalue weighted by molar-refractivity contribution is 7.80. The smallest absolute Gasteiger partial charge is 0.264 e. The summed E-state index contributed by atoms with van der Waals surface area (Å²) < 4.78 is 34.1. The molecule has 7 heteroatoms. The van der Waals surface area contributed by atoms with Crippen molar-refractivity contribution < 1.29 is 17.2 Å². The first-order valence-corrected chi connectivity index (χ1v) is 7.66. The Morgan fingerprint density at radius 3 is 2.33 bits per heavy atom. The fourth-order valence-corrected chi connectivity index (χ4v) is 2.45. The van der Waals surface area contributed by atoms with Crippen LogP contribution in [-0.2, 0) is 21.0 Å². The molecule has 1 aromatic heterocycles. The lowest BCUT2D eigenvalue weighted by Gasteiger charge is -2.06. The van der Waals surface area contributed by atoms with Gasteiger partial charge in [0.1, 0.15) is 0 Å². The van der Waals surface area contributed by atoms with Gasteiger partial charge in [0.2, 0.25) is 0 Å². The first kappa shape index (κ1) is 13.9. The molecule has 1 heterocycles. The van der Waals surface area contributed by atoms with Gasteiger partial charge in [-0.3, -0.25) is 4.55 Å². The molecule has 108 valence electrons. The average molecular weight is 304 g/mol. The number of para-hydroxylation sites is 3. The second-order valence-corrected chi connectivity index (χ2v) is 5.59. The molecule has 1 N–H and O–H groups in total. The molecule has 3 aromatic rings. The van der Waals surface area contributed by atoms with Gasteiger partial charge in [-0.25, -0.2) is 14.2 Å². The maximum Gasteiger partial charge on any atom is 0.397 e. The van der Waals surface area contributed by atoms with E-state index in [0.29, 0.717) is 11.9 Å². The van der Waals surface area contributed by atoms with Gasteiger partial charge in [-0.1, -0.05) is 24.3 Å². The summed E-state index contributed by atoms with van der Waals surface area (Å²) in [6.45, 7) is -0.146. The zero-order valence-corrected chi connectivity index (χ0v) is 11.7. The van der Waals surface area contributed by atoms with E-state index in [1.54, 1.807) is 0 Å². The summed E-state index contributed by atoms with van der Waals surface area (Å²) in [6.07, 6.45) is 0.310. The molecule has 2 aromatic carbocycles. The molecule has 0 radical (unpaired) electrons.